The average molecular weight is 467 g/mol. The number of thiazole rings is 1. The van der Waals surface area contributed by atoms with Crippen LogP contribution in [-0.2, 0) is 6.42 Å². The van der Waals surface area contributed by atoms with E-state index in [1.165, 1.54) is 35.6 Å². The van der Waals surface area contributed by atoms with Gasteiger partial charge in [0.25, 0.3) is 0 Å². The van der Waals surface area contributed by atoms with Gasteiger partial charge in [-0.3, -0.25) is 10.3 Å². The Bertz CT molecular complexity index is 1180. The van der Waals surface area contributed by atoms with Crippen LogP contribution in [0.1, 0.15) is 18.0 Å². The first-order valence-electron chi connectivity index (χ1n) is 10.5. The van der Waals surface area contributed by atoms with Crippen LogP contribution in [0.3, 0.4) is 0 Å². The molecule has 3 aromatic rings. The van der Waals surface area contributed by atoms with Crippen LogP contribution in [0.15, 0.2) is 36.4 Å². The molecule has 5 nitrogen and oxygen atoms in total. The maximum Gasteiger partial charge on any atom is 0.573 e. The number of alkyl halides is 3. The van der Waals surface area contributed by atoms with Crippen molar-refractivity contribution in [2.24, 2.45) is 0 Å². The molecule has 1 saturated heterocycles. The number of nitrogens with zero attached hydrogens (tertiary/aromatic N) is 3. The molecule has 1 unspecified atom stereocenters. The van der Waals surface area contributed by atoms with Crippen molar-refractivity contribution in [3.8, 4) is 5.75 Å². The molecule has 0 saturated carbocycles. The fourth-order valence-electron chi connectivity index (χ4n) is 4.74. The second kappa shape index (κ2) is 8.08. The number of benzene rings is 2. The number of aromatic nitrogens is 1. The summed E-state index contributed by atoms with van der Waals surface area (Å²) in [6, 6.07) is 9.48. The van der Waals surface area contributed by atoms with Gasteiger partial charge in [-0.25, -0.2) is 4.39 Å². The quantitative estimate of drug-likeness (QED) is 0.575. The maximum atomic E-state index is 13.2. The lowest BCUT2D eigenvalue weighted by molar-refractivity contribution is -0.274. The zero-order valence-corrected chi connectivity index (χ0v) is 18.0. The monoisotopic (exact) mass is 466 g/mol. The summed E-state index contributed by atoms with van der Waals surface area (Å²) >= 11 is 1.19. The van der Waals surface area contributed by atoms with Crippen LogP contribution in [0.5, 0.6) is 5.75 Å². The van der Waals surface area contributed by atoms with Gasteiger partial charge in [0.15, 0.2) is 4.80 Å². The molecule has 3 heterocycles. The summed E-state index contributed by atoms with van der Waals surface area (Å²) in [7, 11) is 0. The van der Waals surface area contributed by atoms with Crippen LogP contribution in [0.25, 0.3) is 10.2 Å². The van der Waals surface area contributed by atoms with E-state index in [9.17, 15) is 17.6 Å². The summed E-state index contributed by atoms with van der Waals surface area (Å²) in [4.78, 5) is 4.95. The first-order valence-corrected chi connectivity index (χ1v) is 11.3. The lowest BCUT2D eigenvalue weighted by atomic mass is 9.98. The molecule has 0 amide bonds. The number of piperazine rings is 1. The summed E-state index contributed by atoms with van der Waals surface area (Å²) in [5.41, 5.74) is 2.67. The van der Waals surface area contributed by atoms with E-state index in [1.807, 2.05) is 4.57 Å². The first-order chi connectivity index (χ1) is 15.3. The third kappa shape index (κ3) is 4.21. The topological polar surface area (TPSA) is 44.5 Å². The second-order valence-corrected chi connectivity index (χ2v) is 9.24. The van der Waals surface area contributed by atoms with Crippen LogP contribution in [0.4, 0.5) is 23.2 Å². The van der Waals surface area contributed by atoms with Gasteiger partial charge in [-0.2, -0.15) is 0 Å². The van der Waals surface area contributed by atoms with E-state index in [1.54, 1.807) is 12.1 Å². The molecule has 1 aromatic heterocycles. The molecule has 2 aliphatic heterocycles. The molecule has 0 radical (unpaired) electrons. The van der Waals surface area contributed by atoms with Gasteiger partial charge in [0.1, 0.15) is 11.6 Å². The largest absolute Gasteiger partial charge is 0.573 e. The second-order valence-electron chi connectivity index (χ2n) is 8.21. The molecular weight excluding hydrogens is 444 g/mol. The number of hydrogen-bond acceptors (Lipinski definition) is 5. The minimum Gasteiger partial charge on any atom is -0.406 e. The Kier molecular flexibility index (Phi) is 5.37. The normalized spacial score (nSPS) is 19.5. The van der Waals surface area contributed by atoms with E-state index in [0.29, 0.717) is 15.9 Å². The van der Waals surface area contributed by atoms with Crippen molar-refractivity contribution in [1.82, 2.24) is 9.47 Å². The van der Waals surface area contributed by atoms with E-state index in [-0.39, 0.29) is 17.6 Å². The van der Waals surface area contributed by atoms with Gasteiger partial charge in [0.2, 0.25) is 0 Å². The highest BCUT2D eigenvalue weighted by Crippen LogP contribution is 2.37. The van der Waals surface area contributed by atoms with Gasteiger partial charge in [0.05, 0.1) is 10.2 Å². The molecule has 1 N–H and O–H groups in total. The van der Waals surface area contributed by atoms with Gasteiger partial charge in [-0.05, 0) is 54.8 Å². The van der Waals surface area contributed by atoms with Gasteiger partial charge in [-0.1, -0.05) is 11.3 Å². The summed E-state index contributed by atoms with van der Waals surface area (Å²) in [5, 5.41) is 8.45. The van der Waals surface area contributed by atoms with Crippen molar-refractivity contribution < 1.29 is 22.3 Å². The fourth-order valence-corrected chi connectivity index (χ4v) is 5.79. The molecule has 2 aliphatic rings. The number of halogens is 4. The van der Waals surface area contributed by atoms with E-state index >= 15 is 0 Å². The van der Waals surface area contributed by atoms with Gasteiger partial charge in [0, 0.05) is 44.5 Å². The number of aryl methyl sites for hydroxylation is 1. The molecule has 0 spiro atoms. The van der Waals surface area contributed by atoms with E-state index < -0.39 is 6.36 Å². The standard InChI is InChI=1S/C22H22F4N4OS/c23-15-2-5-16(6-3-15)29-9-7-28(8-10-29)13-17-4-1-14-11-18(31-22(24,25)26)12-19-20(14)30(17)21(27)32-19/h2-3,5-6,11-12,17,27H,1,4,7-10,13H2. The highest BCUT2D eigenvalue weighted by atomic mass is 32.1. The molecule has 2 aromatic carbocycles. The lowest BCUT2D eigenvalue weighted by Crippen LogP contribution is -2.48. The number of ether oxygens (including phenoxy) is 1. The van der Waals surface area contributed by atoms with Gasteiger partial charge in [-0.15, -0.1) is 13.2 Å². The Morgan fingerprint density at radius 3 is 2.47 bits per heavy atom. The number of rotatable bonds is 4. The Hall–Kier alpha value is -2.59. The van der Waals surface area contributed by atoms with Crippen molar-refractivity contribution in [2.75, 3.05) is 37.6 Å². The van der Waals surface area contributed by atoms with Crippen LogP contribution < -0.4 is 14.4 Å². The summed E-state index contributed by atoms with van der Waals surface area (Å²) in [6.07, 6.45) is -3.31. The van der Waals surface area contributed by atoms with E-state index in [2.05, 4.69) is 14.5 Å². The maximum absolute atomic E-state index is 13.2. The Morgan fingerprint density at radius 2 is 1.78 bits per heavy atom. The molecule has 5 rings (SSSR count). The SMILES string of the molecule is N=c1sc2cc(OC(F)(F)F)cc3c2n1C(CN1CCN(c2ccc(F)cc2)CC1)CC3. The van der Waals surface area contributed by atoms with Crippen molar-refractivity contribution in [2.45, 2.75) is 25.2 Å². The van der Waals surface area contributed by atoms with Crippen LogP contribution >= 0.6 is 11.3 Å². The third-order valence-electron chi connectivity index (χ3n) is 6.17. The molecule has 0 bridgehead atoms. The van der Waals surface area contributed by atoms with Crippen molar-refractivity contribution in [3.63, 3.8) is 0 Å². The van der Waals surface area contributed by atoms with Crippen LogP contribution in [0.2, 0.25) is 0 Å². The first kappa shape index (κ1) is 21.3. The lowest BCUT2D eigenvalue weighted by Gasteiger charge is -2.38. The van der Waals surface area contributed by atoms with E-state index in [4.69, 9.17) is 5.41 Å². The van der Waals surface area contributed by atoms with Gasteiger partial charge >= 0.3 is 6.36 Å². The zero-order chi connectivity index (χ0) is 22.5. The molecule has 0 aliphatic carbocycles. The third-order valence-corrected chi connectivity index (χ3v) is 7.09. The Morgan fingerprint density at radius 1 is 1.06 bits per heavy atom. The average Bonchev–Trinajstić information content (AvgIpc) is 3.07. The van der Waals surface area contributed by atoms with Gasteiger partial charge < -0.3 is 14.2 Å². The Balaban J connectivity index is 1.31. The Labute approximate surface area is 185 Å². The fraction of sp³-hybridized carbons (Fsp3) is 0.409. The van der Waals surface area contributed by atoms with Crippen molar-refractivity contribution in [3.05, 3.63) is 52.6 Å². The number of nitrogens with one attached hydrogen (secondary N) is 1. The molecular formula is C22H22F4N4OS. The molecule has 1 fully saturated rings. The molecule has 170 valence electrons. The van der Waals surface area contributed by atoms with Crippen molar-refractivity contribution >= 4 is 27.2 Å². The minimum absolute atomic E-state index is 0.107. The van der Waals surface area contributed by atoms with Crippen LogP contribution in [-0.4, -0.2) is 48.6 Å². The predicted octanol–water partition coefficient (Wildman–Crippen LogP) is 4.53. The molecule has 32 heavy (non-hydrogen) atoms. The molecule has 1 atom stereocenters. The minimum atomic E-state index is -4.73. The summed E-state index contributed by atoms with van der Waals surface area (Å²) < 4.78 is 57.9. The highest BCUT2D eigenvalue weighted by molar-refractivity contribution is 7.16. The van der Waals surface area contributed by atoms with Crippen molar-refractivity contribution in [1.29, 1.82) is 5.41 Å². The highest BCUT2D eigenvalue weighted by Gasteiger charge is 2.33. The molecule has 10 heteroatoms. The van der Waals surface area contributed by atoms with E-state index in [0.717, 1.165) is 55.9 Å². The summed E-state index contributed by atoms with van der Waals surface area (Å²) in [6.45, 7) is 4.19. The van der Waals surface area contributed by atoms with Crippen LogP contribution in [0, 0.1) is 11.2 Å². The predicted molar refractivity (Wildman–Crippen MR) is 115 cm³/mol. The smallest absolute Gasteiger partial charge is 0.406 e. The summed E-state index contributed by atoms with van der Waals surface area (Å²) in [5.74, 6) is -0.462. The number of anilines is 1. The number of hydrogen-bond donors (Lipinski definition) is 1. The zero-order valence-electron chi connectivity index (χ0n) is 17.2.